The highest BCUT2D eigenvalue weighted by molar-refractivity contribution is 5.85. The van der Waals surface area contributed by atoms with E-state index in [-0.39, 0.29) is 18.3 Å². The monoisotopic (exact) mass is 432 g/mol. The molecule has 0 aromatic carbocycles. The van der Waals surface area contributed by atoms with E-state index in [4.69, 9.17) is 0 Å². The van der Waals surface area contributed by atoms with E-state index in [1.807, 2.05) is 0 Å². The predicted octanol–water partition coefficient (Wildman–Crippen LogP) is 7.52. The second-order valence-electron chi connectivity index (χ2n) is 8.43. The van der Waals surface area contributed by atoms with Crippen molar-refractivity contribution in [2.24, 2.45) is 0 Å². The van der Waals surface area contributed by atoms with Gasteiger partial charge in [-0.15, -0.1) is 12.4 Å². The van der Waals surface area contributed by atoms with Crippen LogP contribution in [0.15, 0.2) is 0 Å². The average molecular weight is 433 g/mol. The van der Waals surface area contributed by atoms with Crippen LogP contribution in [0.1, 0.15) is 130 Å². The van der Waals surface area contributed by atoms with Gasteiger partial charge in [-0.2, -0.15) is 0 Å². The Kier molecular flexibility index (Phi) is 27.5. The van der Waals surface area contributed by atoms with Crippen molar-refractivity contribution in [1.29, 1.82) is 0 Å². The van der Waals surface area contributed by atoms with Crippen molar-refractivity contribution in [3.8, 4) is 0 Å². The molecule has 1 amide bonds. The molecular formula is C25H53ClN2O. The van der Waals surface area contributed by atoms with E-state index in [0.717, 1.165) is 39.0 Å². The molecule has 0 heterocycles. The summed E-state index contributed by atoms with van der Waals surface area (Å²) in [7, 11) is 0. The first-order valence-corrected chi connectivity index (χ1v) is 12.7. The van der Waals surface area contributed by atoms with Crippen molar-refractivity contribution in [3.05, 3.63) is 0 Å². The van der Waals surface area contributed by atoms with Crippen LogP contribution < -0.4 is 5.32 Å². The van der Waals surface area contributed by atoms with E-state index >= 15 is 0 Å². The van der Waals surface area contributed by atoms with E-state index in [2.05, 4.69) is 31.0 Å². The van der Waals surface area contributed by atoms with Crippen molar-refractivity contribution in [1.82, 2.24) is 10.2 Å². The quantitative estimate of drug-likeness (QED) is 0.179. The molecule has 29 heavy (non-hydrogen) atoms. The molecule has 0 aliphatic heterocycles. The average Bonchev–Trinajstić information content (AvgIpc) is 2.71. The van der Waals surface area contributed by atoms with Crippen LogP contribution in [0.3, 0.4) is 0 Å². The van der Waals surface area contributed by atoms with E-state index in [1.54, 1.807) is 0 Å². The van der Waals surface area contributed by atoms with Crippen LogP contribution in [0.5, 0.6) is 0 Å². The molecule has 0 aromatic heterocycles. The first-order chi connectivity index (χ1) is 13.7. The fourth-order valence-electron chi connectivity index (χ4n) is 3.82. The molecule has 1 N–H and O–H groups in total. The number of amides is 1. The minimum atomic E-state index is 0. The lowest BCUT2D eigenvalue weighted by Gasteiger charge is -2.17. The maximum atomic E-state index is 11.8. The van der Waals surface area contributed by atoms with Gasteiger partial charge < -0.3 is 10.2 Å². The molecule has 0 rings (SSSR count). The van der Waals surface area contributed by atoms with Crippen molar-refractivity contribution in [3.63, 3.8) is 0 Å². The van der Waals surface area contributed by atoms with Crippen molar-refractivity contribution in [2.45, 2.75) is 130 Å². The molecule has 3 nitrogen and oxygen atoms in total. The molecule has 0 saturated heterocycles. The van der Waals surface area contributed by atoms with Gasteiger partial charge in [0, 0.05) is 13.0 Å². The first-order valence-electron chi connectivity index (χ1n) is 12.7. The van der Waals surface area contributed by atoms with Gasteiger partial charge in [-0.05, 0) is 32.5 Å². The second kappa shape index (κ2) is 25.8. The lowest BCUT2D eigenvalue weighted by atomic mass is 10.0. The molecule has 0 radical (unpaired) electrons. The van der Waals surface area contributed by atoms with Crippen LogP contribution in [-0.4, -0.2) is 37.0 Å². The summed E-state index contributed by atoms with van der Waals surface area (Å²) in [6, 6.07) is 0. The molecule has 0 bridgehead atoms. The molecule has 0 aliphatic carbocycles. The van der Waals surface area contributed by atoms with Gasteiger partial charge in [0.1, 0.15) is 0 Å². The Labute approximate surface area is 189 Å². The second-order valence-corrected chi connectivity index (χ2v) is 8.43. The van der Waals surface area contributed by atoms with Gasteiger partial charge in [0.05, 0.1) is 0 Å². The van der Waals surface area contributed by atoms with Gasteiger partial charge in [-0.3, -0.25) is 4.79 Å². The largest absolute Gasteiger partial charge is 0.356 e. The minimum absolute atomic E-state index is 0. The third kappa shape index (κ3) is 23.9. The topological polar surface area (TPSA) is 32.3 Å². The minimum Gasteiger partial charge on any atom is -0.356 e. The third-order valence-corrected chi connectivity index (χ3v) is 5.88. The summed E-state index contributed by atoms with van der Waals surface area (Å²) in [5.74, 6) is 0.245. The van der Waals surface area contributed by atoms with Gasteiger partial charge in [0.15, 0.2) is 0 Å². The molecule has 4 heteroatoms. The zero-order chi connectivity index (χ0) is 20.7. The summed E-state index contributed by atoms with van der Waals surface area (Å²) in [5, 5.41) is 3.07. The van der Waals surface area contributed by atoms with Crippen molar-refractivity contribution in [2.75, 3.05) is 26.2 Å². The van der Waals surface area contributed by atoms with Gasteiger partial charge in [-0.1, -0.05) is 111 Å². The maximum Gasteiger partial charge on any atom is 0.219 e. The number of halogens is 1. The molecule has 0 saturated carbocycles. The van der Waals surface area contributed by atoms with Crippen molar-refractivity contribution >= 4 is 18.3 Å². The molecule has 0 fully saturated rings. The predicted molar refractivity (Wildman–Crippen MR) is 132 cm³/mol. The highest BCUT2D eigenvalue weighted by atomic mass is 35.5. The molecule has 0 aromatic rings. The molecule has 0 aliphatic rings. The Morgan fingerprint density at radius 2 is 1.03 bits per heavy atom. The van der Waals surface area contributed by atoms with Gasteiger partial charge >= 0.3 is 0 Å². The van der Waals surface area contributed by atoms with Crippen LogP contribution in [0.25, 0.3) is 0 Å². The highest BCUT2D eigenvalue weighted by Gasteiger charge is 2.02. The summed E-state index contributed by atoms with van der Waals surface area (Å²) >= 11 is 0. The summed E-state index contributed by atoms with van der Waals surface area (Å²) in [5.41, 5.74) is 0. The van der Waals surface area contributed by atoms with Crippen LogP contribution in [0.2, 0.25) is 0 Å². The first kappa shape index (κ1) is 30.9. The number of hydrogen-bond acceptors (Lipinski definition) is 2. The van der Waals surface area contributed by atoms with Gasteiger partial charge in [0.2, 0.25) is 5.91 Å². The maximum absolute atomic E-state index is 11.8. The van der Waals surface area contributed by atoms with E-state index in [9.17, 15) is 4.79 Å². The Balaban J connectivity index is 0. The van der Waals surface area contributed by atoms with Crippen LogP contribution in [-0.2, 0) is 4.79 Å². The van der Waals surface area contributed by atoms with E-state index < -0.39 is 0 Å². The summed E-state index contributed by atoms with van der Waals surface area (Å²) in [6.45, 7) is 10.8. The van der Waals surface area contributed by atoms with E-state index in [1.165, 1.54) is 89.9 Å². The Morgan fingerprint density at radius 1 is 0.621 bits per heavy atom. The lowest BCUT2D eigenvalue weighted by Crippen LogP contribution is -2.29. The lowest BCUT2D eigenvalue weighted by molar-refractivity contribution is -0.121. The fraction of sp³-hybridized carbons (Fsp3) is 0.960. The fourth-order valence-corrected chi connectivity index (χ4v) is 3.82. The standard InChI is InChI=1S/C25H52N2O.ClH/c1-4-7-8-9-10-11-12-13-14-15-16-17-18-19-20-22-25(28)26-23-21-24-27(5-2)6-3;/h4-24H2,1-3H3,(H,26,28);1H. The Morgan fingerprint density at radius 3 is 1.45 bits per heavy atom. The molecule has 0 atom stereocenters. The number of nitrogens with one attached hydrogen (secondary N) is 1. The zero-order valence-electron chi connectivity index (χ0n) is 20.1. The number of rotatable bonds is 22. The Hall–Kier alpha value is -0.280. The number of unbranched alkanes of at least 4 members (excludes halogenated alkanes) is 14. The van der Waals surface area contributed by atoms with Crippen LogP contribution in [0.4, 0.5) is 0 Å². The number of nitrogens with zero attached hydrogens (tertiary/aromatic N) is 1. The summed E-state index contributed by atoms with van der Waals surface area (Å²) in [6.07, 6.45) is 22.3. The molecular weight excluding hydrogens is 380 g/mol. The third-order valence-electron chi connectivity index (χ3n) is 5.88. The molecule has 176 valence electrons. The molecule has 0 spiro atoms. The zero-order valence-corrected chi connectivity index (χ0v) is 20.9. The smallest absolute Gasteiger partial charge is 0.219 e. The van der Waals surface area contributed by atoms with Gasteiger partial charge in [0.25, 0.3) is 0 Å². The SMILES string of the molecule is CCCCCCCCCCCCCCCCCC(=O)NCCCN(CC)CC.Cl. The molecule has 0 unspecified atom stereocenters. The van der Waals surface area contributed by atoms with Gasteiger partial charge in [-0.25, -0.2) is 0 Å². The summed E-state index contributed by atoms with van der Waals surface area (Å²) < 4.78 is 0. The number of carbonyl (C=O) groups is 1. The highest BCUT2D eigenvalue weighted by Crippen LogP contribution is 2.13. The number of hydrogen-bond donors (Lipinski definition) is 1. The Bertz CT molecular complexity index is 322. The van der Waals surface area contributed by atoms with Crippen LogP contribution in [0, 0.1) is 0 Å². The van der Waals surface area contributed by atoms with Crippen molar-refractivity contribution < 1.29 is 4.79 Å². The summed E-state index contributed by atoms with van der Waals surface area (Å²) in [4.78, 5) is 14.2. The number of carbonyl (C=O) groups excluding carboxylic acids is 1. The van der Waals surface area contributed by atoms with Crippen LogP contribution >= 0.6 is 12.4 Å². The normalized spacial score (nSPS) is 10.9. The van der Waals surface area contributed by atoms with E-state index in [0.29, 0.717) is 6.42 Å².